The molecule has 8 saturated heterocycles. The Labute approximate surface area is 466 Å². The van der Waals surface area contributed by atoms with Gasteiger partial charge < -0.3 is 63.1 Å². The van der Waals surface area contributed by atoms with Crippen LogP contribution < -0.4 is 25.9 Å². The molecule has 13 rings (SSSR count). The van der Waals surface area contributed by atoms with Gasteiger partial charge in [0.2, 0.25) is 23.1 Å². The molecule has 1 aliphatic carbocycles. The van der Waals surface area contributed by atoms with Crippen LogP contribution in [0.4, 0.5) is 47.0 Å². The van der Waals surface area contributed by atoms with E-state index in [1.807, 2.05) is 27.7 Å². The van der Waals surface area contributed by atoms with Gasteiger partial charge in [-0.05, 0) is 88.9 Å². The van der Waals surface area contributed by atoms with Crippen molar-refractivity contribution in [2.24, 2.45) is 16.8 Å². The predicted molar refractivity (Wildman–Crippen MR) is 287 cm³/mol. The topological polar surface area (TPSA) is 228 Å². The second-order valence-electron chi connectivity index (χ2n) is 22.9. The average molecular weight is 1140 g/mol. The summed E-state index contributed by atoms with van der Waals surface area (Å²) in [4.78, 5) is 48.4. The number of hydrogen-bond acceptors (Lipinski definition) is 21. The van der Waals surface area contributed by atoms with Crippen LogP contribution in [0.3, 0.4) is 0 Å². The van der Waals surface area contributed by atoms with Gasteiger partial charge in [0.15, 0.2) is 11.6 Å². The number of rotatable bonds is 10. The van der Waals surface area contributed by atoms with Gasteiger partial charge in [-0.15, -0.1) is 0 Å². The van der Waals surface area contributed by atoms with Crippen molar-refractivity contribution in [1.29, 1.82) is 0 Å². The smallest absolute Gasteiger partial charge is 0.399 e. The van der Waals surface area contributed by atoms with Crippen LogP contribution >= 0.6 is 11.6 Å². The number of fused-ring (bicyclic) bond motifs is 8. The standard InChI is InChI=1S/C21H25F2N7O3.C16H21ClN4O3.C15H22BF2N3O2/c22-18(23)15-3-17(24)25-4-16(15)19-26-20(29-11-1-2-12(29)6-31-5-11)28-21(27-19)30-13-7-32-9-14(30)10-33-8-13;17-15-18-14(13-9-1-2-10(13)4-22-3-9)19-16(20-15)21-11-5-23-7-12(21)8-24-6-11;1-14(2)15(3,4)23-16(22-14)11-8-19-12(20-9-21(5)6)7-10(11)13(17)18/h3-4,11-14,18H,1-2,5-10H2,(H2,24,25);9-13H,1-8H2;7-9,13H,1-6H3. The molecular weight excluding hydrogens is 1070 g/mol. The molecule has 8 bridgehead atoms. The second-order valence-corrected chi connectivity index (χ2v) is 23.2. The number of ether oxygens (including phenoxy) is 6. The van der Waals surface area contributed by atoms with E-state index in [-0.39, 0.29) is 81.1 Å². The molecule has 4 aromatic rings. The lowest BCUT2D eigenvalue weighted by Gasteiger charge is -2.45. The number of nitrogen functional groups attached to an aromatic ring is 1. The van der Waals surface area contributed by atoms with Crippen LogP contribution in [0.5, 0.6) is 0 Å². The number of nitrogens with zero attached hydrogens (tertiary/aromatic N) is 13. The maximum Gasteiger partial charge on any atom is 0.496 e. The summed E-state index contributed by atoms with van der Waals surface area (Å²) in [6, 6.07) is 2.94. The summed E-state index contributed by atoms with van der Waals surface area (Å²) < 4.78 is 101. The van der Waals surface area contributed by atoms with Crippen LogP contribution in [0.1, 0.15) is 89.1 Å². The number of pyridine rings is 2. The average Bonchev–Trinajstić information content (AvgIpc) is 3.93. The molecule has 2 N–H and O–H groups in total. The highest BCUT2D eigenvalue weighted by molar-refractivity contribution is 6.62. The number of morpholine rings is 5. The number of hydrogen-bond donors (Lipinski definition) is 1. The first-order valence-electron chi connectivity index (χ1n) is 27.3. The lowest BCUT2D eigenvalue weighted by Crippen LogP contribution is -2.60. The molecule has 4 aromatic heterocycles. The van der Waals surface area contributed by atoms with Crippen molar-refractivity contribution >= 4 is 60.0 Å². The normalized spacial score (nSPS) is 29.2. The molecule has 0 spiro atoms. The molecule has 80 heavy (non-hydrogen) atoms. The molecule has 0 radical (unpaired) electrons. The molecule has 9 fully saturated rings. The van der Waals surface area contributed by atoms with E-state index in [9.17, 15) is 17.6 Å². The van der Waals surface area contributed by atoms with Gasteiger partial charge in [-0.2, -0.15) is 24.9 Å². The fourth-order valence-corrected chi connectivity index (χ4v) is 12.2. The van der Waals surface area contributed by atoms with Crippen LogP contribution in [-0.4, -0.2) is 199 Å². The van der Waals surface area contributed by atoms with Gasteiger partial charge in [-0.1, -0.05) is 0 Å². The summed E-state index contributed by atoms with van der Waals surface area (Å²) in [6.07, 6.45) is 3.08. The molecule has 0 amide bonds. The summed E-state index contributed by atoms with van der Waals surface area (Å²) in [6.45, 7) is 14.8. The first-order valence-corrected chi connectivity index (χ1v) is 27.7. The van der Waals surface area contributed by atoms with E-state index in [1.165, 1.54) is 43.7 Å². The molecule has 1 saturated carbocycles. The molecule has 4 atom stereocenters. The van der Waals surface area contributed by atoms with Crippen LogP contribution in [-0.2, 0) is 37.7 Å². The maximum atomic E-state index is 13.9. The number of alkyl halides is 4. The number of anilines is 4. The Hall–Kier alpha value is -5.26. The maximum absolute atomic E-state index is 13.9. The first-order chi connectivity index (χ1) is 38.4. The fourth-order valence-electron chi connectivity index (χ4n) is 12.0. The van der Waals surface area contributed by atoms with E-state index in [4.69, 9.17) is 65.0 Å². The highest BCUT2D eigenvalue weighted by Gasteiger charge is 2.53. The van der Waals surface area contributed by atoms with Gasteiger partial charge >= 0.3 is 7.12 Å². The summed E-state index contributed by atoms with van der Waals surface area (Å²) in [5.74, 6) is 4.19. The highest BCUT2D eigenvalue weighted by Crippen LogP contribution is 2.47. The number of nitrogens with two attached hydrogens (primary N) is 1. The number of aromatic nitrogens is 8. The van der Waals surface area contributed by atoms with Crippen molar-refractivity contribution in [3.63, 3.8) is 0 Å². The van der Waals surface area contributed by atoms with E-state index in [0.29, 0.717) is 102 Å². The molecule has 4 unspecified atom stereocenters. The molecule has 9 aliphatic rings. The minimum atomic E-state index is -2.75. The van der Waals surface area contributed by atoms with E-state index in [1.54, 1.807) is 19.0 Å². The SMILES string of the molecule is CN(C)C=Nc1cc(C(F)F)c(B2OC(C)(C)C(C)(C)O2)cn1.Clc1nc(C2C3CCC2COC3)nc(N2C3COCC2COC3)n1.Nc1cc(C(F)F)c(-c2nc(N3C4CCC3COC4)nc(N3C4COCC3COC4)n2)cn1. The van der Waals surface area contributed by atoms with E-state index in [0.717, 1.165) is 31.9 Å². The summed E-state index contributed by atoms with van der Waals surface area (Å²) in [7, 11) is 2.70. The summed E-state index contributed by atoms with van der Waals surface area (Å²) >= 11 is 6.28. The quantitative estimate of drug-likeness (QED) is 0.0927. The van der Waals surface area contributed by atoms with E-state index in [2.05, 4.69) is 49.6 Å². The fraction of sp³-hybridized carbons (Fsp3) is 0.673. The molecule has 12 heterocycles. The molecule has 0 aromatic carbocycles. The third-order valence-corrected chi connectivity index (χ3v) is 16.8. The zero-order valence-corrected chi connectivity index (χ0v) is 46.4. The van der Waals surface area contributed by atoms with E-state index < -0.39 is 31.2 Å². The zero-order chi connectivity index (χ0) is 56.0. The van der Waals surface area contributed by atoms with Gasteiger partial charge in [0, 0.05) is 54.6 Å². The van der Waals surface area contributed by atoms with Gasteiger partial charge in [0.25, 0.3) is 12.9 Å². The lowest BCUT2D eigenvalue weighted by molar-refractivity contribution is -0.0356. The van der Waals surface area contributed by atoms with Crippen molar-refractivity contribution in [2.75, 3.05) is 114 Å². The Balaban J connectivity index is 0.000000130. The number of aliphatic imine (C=N–C) groups is 1. The Morgan fingerprint density at radius 2 is 1.09 bits per heavy atom. The minimum Gasteiger partial charge on any atom is -0.399 e. The summed E-state index contributed by atoms with van der Waals surface area (Å²) in [5.41, 5.74) is 4.46. The van der Waals surface area contributed by atoms with Crippen LogP contribution in [0, 0.1) is 11.8 Å². The molecule has 432 valence electrons. The van der Waals surface area contributed by atoms with Gasteiger partial charge in [-0.3, -0.25) is 0 Å². The zero-order valence-electron chi connectivity index (χ0n) is 45.7. The Morgan fingerprint density at radius 1 is 0.613 bits per heavy atom. The Kier molecular flexibility index (Phi) is 16.7. The lowest BCUT2D eigenvalue weighted by atomic mass is 9.77. The molecular formula is C52H68BClF4N14O8. The molecule has 22 nitrogen and oxygen atoms in total. The summed E-state index contributed by atoms with van der Waals surface area (Å²) in [5, 5.41) is 0.284. The van der Waals surface area contributed by atoms with Crippen LogP contribution in [0.25, 0.3) is 11.4 Å². The largest absolute Gasteiger partial charge is 0.496 e. The van der Waals surface area contributed by atoms with Crippen molar-refractivity contribution in [3.8, 4) is 11.4 Å². The Morgan fingerprint density at radius 3 is 1.59 bits per heavy atom. The monoisotopic (exact) mass is 1140 g/mol. The minimum absolute atomic E-state index is 0.0228. The van der Waals surface area contributed by atoms with E-state index >= 15 is 0 Å². The third kappa shape index (κ3) is 11.7. The predicted octanol–water partition coefficient (Wildman–Crippen LogP) is 5.23. The Bertz CT molecular complexity index is 2780. The molecule has 8 aliphatic heterocycles. The van der Waals surface area contributed by atoms with Crippen molar-refractivity contribution in [2.45, 2.75) is 120 Å². The van der Waals surface area contributed by atoms with Gasteiger partial charge in [0.05, 0.1) is 133 Å². The van der Waals surface area contributed by atoms with Crippen LogP contribution in [0.15, 0.2) is 29.5 Å². The van der Waals surface area contributed by atoms with Crippen molar-refractivity contribution < 1.29 is 55.3 Å². The van der Waals surface area contributed by atoms with Gasteiger partial charge in [-0.25, -0.2) is 37.5 Å². The molecule has 28 heteroatoms. The van der Waals surface area contributed by atoms with Crippen molar-refractivity contribution in [3.05, 3.63) is 46.8 Å². The van der Waals surface area contributed by atoms with Crippen LogP contribution in [0.2, 0.25) is 5.28 Å². The highest BCUT2D eigenvalue weighted by atomic mass is 35.5. The number of halogens is 5. The second kappa shape index (κ2) is 23.5. The first kappa shape index (κ1) is 56.6. The third-order valence-electron chi connectivity index (χ3n) is 16.7. The van der Waals surface area contributed by atoms with Gasteiger partial charge in [0.1, 0.15) is 11.6 Å². The van der Waals surface area contributed by atoms with Crippen molar-refractivity contribution in [1.82, 2.24) is 44.8 Å².